The number of β-lactam (4-membered cyclic amide) rings is 1. The largest absolute Gasteiger partial charge is 1.00 e. The van der Waals surface area contributed by atoms with Crippen LogP contribution in [-0.2, 0) is 24.0 Å². The summed E-state index contributed by atoms with van der Waals surface area (Å²) in [5.74, 6) is -2.68. The standard InChI is InChI=1S/C15H18N6O7S2.Na/c1-27-20-7(6-2-29-13(16)18-6)9(22)19-8-10(23)21-3-15(12(24)25,4-28-14(17)26)5-30-11(8)21;/h2,8,11H,3-5H2,1H3,(H2,16,18)(H2,17,26)(H,19,22)(H,24,25);/q;+1/p-1/t8?,11-,15?;/m1./s1. The molecule has 2 aliphatic heterocycles. The topological polar surface area (TPSA) is 202 Å². The quantitative estimate of drug-likeness (QED) is 0.146. The van der Waals surface area contributed by atoms with Crippen LogP contribution in [0.15, 0.2) is 10.5 Å². The summed E-state index contributed by atoms with van der Waals surface area (Å²) >= 11 is 2.22. The van der Waals surface area contributed by atoms with E-state index in [2.05, 4.69) is 25.0 Å². The van der Waals surface area contributed by atoms with Gasteiger partial charge >= 0.3 is 35.7 Å². The molecule has 0 bridgehead atoms. The van der Waals surface area contributed by atoms with Crippen molar-refractivity contribution >= 4 is 57.8 Å². The van der Waals surface area contributed by atoms with Crippen molar-refractivity contribution in [2.45, 2.75) is 11.4 Å². The van der Waals surface area contributed by atoms with E-state index in [1.165, 1.54) is 17.4 Å². The summed E-state index contributed by atoms with van der Waals surface area (Å²) in [5, 5.41) is 19.1. The minimum Gasteiger partial charge on any atom is -0.549 e. The van der Waals surface area contributed by atoms with E-state index < -0.39 is 47.3 Å². The third-order valence-corrected chi connectivity index (χ3v) is 6.78. The number of carboxylic acid groups (broad SMARTS) is 1. The number of anilines is 1. The number of nitrogen functional groups attached to an aromatic ring is 1. The normalized spacial score (nSPS) is 24.9. The first kappa shape index (κ1) is 25.2. The molecule has 13 nitrogen and oxygen atoms in total. The number of fused-ring (bicyclic) bond motifs is 1. The fourth-order valence-electron chi connectivity index (χ4n) is 3.01. The van der Waals surface area contributed by atoms with Gasteiger partial charge in [-0.25, -0.2) is 9.78 Å². The van der Waals surface area contributed by atoms with Gasteiger partial charge in [0.15, 0.2) is 10.8 Å². The summed E-state index contributed by atoms with van der Waals surface area (Å²) in [4.78, 5) is 57.6. The van der Waals surface area contributed by atoms with E-state index in [1.54, 1.807) is 0 Å². The molecule has 5 N–H and O–H groups in total. The predicted octanol–water partition coefficient (Wildman–Crippen LogP) is -5.69. The molecule has 3 heterocycles. The number of aromatic nitrogens is 1. The number of nitrogens with one attached hydrogen (secondary N) is 1. The summed E-state index contributed by atoms with van der Waals surface area (Å²) in [7, 11) is 1.25. The van der Waals surface area contributed by atoms with Gasteiger partial charge in [-0.1, -0.05) is 5.16 Å². The van der Waals surface area contributed by atoms with E-state index in [0.29, 0.717) is 0 Å². The van der Waals surface area contributed by atoms with Gasteiger partial charge in [-0.2, -0.15) is 0 Å². The molecule has 0 saturated carbocycles. The molecule has 2 aliphatic rings. The maximum atomic E-state index is 12.6. The number of carboxylic acids is 1. The van der Waals surface area contributed by atoms with E-state index in [1.807, 2.05) is 0 Å². The van der Waals surface area contributed by atoms with E-state index in [-0.39, 0.29) is 58.4 Å². The molecule has 16 heteroatoms. The molecule has 1 aromatic rings. The zero-order valence-electron chi connectivity index (χ0n) is 16.5. The SMILES string of the molecule is CON=C(C(=O)NC1C(=O)N2CC(COC(N)=O)(C(=O)[O-])CS[C@H]12)c1csc(N)n1.[Na+]. The molecule has 0 spiro atoms. The molecule has 0 aromatic carbocycles. The molecule has 162 valence electrons. The summed E-state index contributed by atoms with van der Waals surface area (Å²) in [6.07, 6.45) is -1.13. The van der Waals surface area contributed by atoms with Gasteiger partial charge in [0.1, 0.15) is 30.8 Å². The first-order valence-electron chi connectivity index (χ1n) is 8.37. The number of hydrogen-bond donors (Lipinski definition) is 3. The minimum absolute atomic E-state index is 0. The van der Waals surface area contributed by atoms with Crippen LogP contribution in [0.2, 0.25) is 0 Å². The first-order chi connectivity index (χ1) is 14.2. The maximum absolute atomic E-state index is 12.6. The number of aliphatic carboxylic acids is 1. The third kappa shape index (κ3) is 5.06. The van der Waals surface area contributed by atoms with Crippen LogP contribution in [0.1, 0.15) is 5.69 Å². The number of rotatable bonds is 7. The molecular weight excluding hydrogens is 463 g/mol. The van der Waals surface area contributed by atoms with Gasteiger partial charge in [0, 0.05) is 17.7 Å². The van der Waals surface area contributed by atoms with Crippen molar-refractivity contribution in [3.8, 4) is 0 Å². The van der Waals surface area contributed by atoms with E-state index in [0.717, 1.165) is 23.1 Å². The Balaban J connectivity index is 0.00000341. The smallest absolute Gasteiger partial charge is 0.549 e. The Morgan fingerprint density at radius 3 is 2.74 bits per heavy atom. The van der Waals surface area contributed by atoms with Crippen LogP contribution in [0.5, 0.6) is 0 Å². The molecule has 31 heavy (non-hydrogen) atoms. The molecule has 1 aromatic heterocycles. The average Bonchev–Trinajstić information content (AvgIpc) is 3.13. The monoisotopic (exact) mass is 480 g/mol. The van der Waals surface area contributed by atoms with E-state index >= 15 is 0 Å². The molecule has 2 fully saturated rings. The fourth-order valence-corrected chi connectivity index (χ4v) is 5.07. The second-order valence-corrected chi connectivity index (χ2v) is 8.48. The summed E-state index contributed by atoms with van der Waals surface area (Å²) in [6.45, 7) is -0.770. The number of thiazole rings is 1. The number of nitrogens with zero attached hydrogens (tertiary/aromatic N) is 3. The maximum Gasteiger partial charge on any atom is 1.00 e. The zero-order chi connectivity index (χ0) is 22.1. The van der Waals surface area contributed by atoms with Gasteiger partial charge < -0.3 is 41.2 Å². The Morgan fingerprint density at radius 2 is 2.19 bits per heavy atom. The summed E-state index contributed by atoms with van der Waals surface area (Å²) in [6, 6.07) is -0.905. The van der Waals surface area contributed by atoms with Crippen LogP contribution in [0, 0.1) is 5.41 Å². The second kappa shape index (κ2) is 10.0. The Morgan fingerprint density at radius 1 is 1.48 bits per heavy atom. The van der Waals surface area contributed by atoms with Crippen molar-refractivity contribution < 1.29 is 63.4 Å². The molecule has 3 rings (SSSR count). The molecule has 0 aliphatic carbocycles. The summed E-state index contributed by atoms with van der Waals surface area (Å²) in [5.41, 5.74) is 8.93. The first-order valence-corrected chi connectivity index (χ1v) is 10.3. The van der Waals surface area contributed by atoms with Gasteiger partial charge in [-0.15, -0.1) is 23.1 Å². The Kier molecular flexibility index (Phi) is 8.15. The number of ether oxygens (including phenoxy) is 1. The molecular formula is C15H17N6NaO7S2. The number of nitrogens with two attached hydrogens (primary N) is 2. The number of primary amides is 1. The molecule has 0 radical (unpaired) electrons. The summed E-state index contributed by atoms with van der Waals surface area (Å²) < 4.78 is 4.64. The molecule has 3 amide bonds. The number of carbonyl (C=O) groups is 4. The number of thioether (sulfide) groups is 1. The van der Waals surface area contributed by atoms with Crippen molar-refractivity contribution in [3.05, 3.63) is 11.1 Å². The number of oxime groups is 1. The van der Waals surface area contributed by atoms with Gasteiger partial charge in [0.05, 0.1) is 11.4 Å². The van der Waals surface area contributed by atoms with Crippen LogP contribution in [0.25, 0.3) is 0 Å². The van der Waals surface area contributed by atoms with Crippen molar-refractivity contribution in [1.82, 2.24) is 15.2 Å². The van der Waals surface area contributed by atoms with E-state index in [4.69, 9.17) is 11.5 Å². The molecule has 3 atom stereocenters. The van der Waals surface area contributed by atoms with Gasteiger partial charge in [-0.3, -0.25) is 9.59 Å². The number of amides is 3. The Bertz CT molecular complexity index is 927. The van der Waals surface area contributed by atoms with Crippen molar-refractivity contribution in [3.63, 3.8) is 0 Å². The van der Waals surface area contributed by atoms with Crippen LogP contribution in [-0.4, -0.2) is 76.9 Å². The predicted molar refractivity (Wildman–Crippen MR) is 103 cm³/mol. The van der Waals surface area contributed by atoms with Crippen molar-refractivity contribution in [1.29, 1.82) is 0 Å². The molecule has 2 unspecified atom stereocenters. The van der Waals surface area contributed by atoms with Gasteiger partial charge in [0.25, 0.3) is 5.91 Å². The van der Waals surface area contributed by atoms with Crippen LogP contribution in [0.4, 0.5) is 9.93 Å². The van der Waals surface area contributed by atoms with Crippen LogP contribution < -0.4 is 51.4 Å². The van der Waals surface area contributed by atoms with Gasteiger partial charge in [0.2, 0.25) is 5.91 Å². The van der Waals surface area contributed by atoms with Crippen molar-refractivity contribution in [2.24, 2.45) is 16.3 Å². The average molecular weight is 480 g/mol. The fraction of sp³-hybridized carbons (Fsp3) is 0.467. The number of hydrogen-bond acceptors (Lipinski definition) is 12. The van der Waals surface area contributed by atoms with Crippen molar-refractivity contribution in [2.75, 3.05) is 31.7 Å². The molecule has 2 saturated heterocycles. The number of carbonyl (C=O) groups excluding carboxylic acids is 4. The Hall–Kier alpha value is -2.07. The van der Waals surface area contributed by atoms with Crippen LogP contribution in [0.3, 0.4) is 0 Å². The Labute approximate surface area is 206 Å². The second-order valence-electron chi connectivity index (χ2n) is 6.49. The minimum atomic E-state index is -1.60. The van der Waals surface area contributed by atoms with Gasteiger partial charge in [-0.05, 0) is 0 Å². The van der Waals surface area contributed by atoms with E-state index in [9.17, 15) is 24.3 Å². The third-order valence-electron chi connectivity index (χ3n) is 4.52. The zero-order valence-corrected chi connectivity index (χ0v) is 20.2. The van der Waals surface area contributed by atoms with Crippen LogP contribution >= 0.6 is 23.1 Å².